The lowest BCUT2D eigenvalue weighted by Gasteiger charge is -2.20. The summed E-state index contributed by atoms with van der Waals surface area (Å²) in [5.41, 5.74) is 17.6. The second kappa shape index (κ2) is 9.74. The topological polar surface area (TPSA) is 163 Å². The number of anilines is 2. The Balaban J connectivity index is 1.34. The van der Waals surface area contributed by atoms with E-state index in [0.717, 1.165) is 70.3 Å². The van der Waals surface area contributed by atoms with Gasteiger partial charge in [-0.2, -0.15) is 5.10 Å². The number of aromatic nitrogens is 5. The van der Waals surface area contributed by atoms with Gasteiger partial charge in [0.15, 0.2) is 5.82 Å². The Morgan fingerprint density at radius 2 is 1.87 bits per heavy atom. The highest BCUT2D eigenvalue weighted by Crippen LogP contribution is 2.32. The third-order valence-electron chi connectivity index (χ3n) is 6.72. The molecule has 3 heterocycles. The van der Waals surface area contributed by atoms with Crippen molar-refractivity contribution < 1.29 is 4.79 Å². The lowest BCUT2D eigenvalue weighted by molar-refractivity contribution is 0.0963. The van der Waals surface area contributed by atoms with Crippen molar-refractivity contribution in [1.82, 2.24) is 30.5 Å². The van der Waals surface area contributed by atoms with Crippen LogP contribution in [-0.2, 0) is 12.8 Å². The van der Waals surface area contributed by atoms with Gasteiger partial charge in [0.25, 0.3) is 5.91 Å². The van der Waals surface area contributed by atoms with Crippen molar-refractivity contribution >= 4 is 39.2 Å². The molecule has 0 aliphatic heterocycles. The Kier molecular flexibility index (Phi) is 5.97. The largest absolute Gasteiger partial charge is 0.405 e. The van der Waals surface area contributed by atoms with Crippen molar-refractivity contribution in [1.29, 1.82) is 0 Å². The van der Waals surface area contributed by atoms with E-state index in [1.165, 1.54) is 24.0 Å². The average molecular weight is 506 g/mol. The summed E-state index contributed by atoms with van der Waals surface area (Å²) in [4.78, 5) is 25.8. The normalized spacial score (nSPS) is 13.7. The zero-order valence-corrected chi connectivity index (χ0v) is 20.6. The average Bonchev–Trinajstić information content (AvgIpc) is 3.59. The molecule has 190 valence electrons. The number of hydrogen-bond acceptors (Lipinski definition) is 7. The van der Waals surface area contributed by atoms with E-state index in [2.05, 4.69) is 31.9 Å². The molecule has 0 radical (unpaired) electrons. The van der Waals surface area contributed by atoms with Gasteiger partial charge in [-0.15, -0.1) is 0 Å². The standard InChI is InChI=1S/C28H27N9O/c29-10-9-20(14-30)33-28(38)25-12-16-5-6-17(13-24(16)34-25)26-35-23-4-2-1-3-21(23)27(36-26)32-19-7-8-22-18(11-19)15-31-37-22/h5-15,34H,1-4,29-30H2,(H,31,37)(H,33,38)(H,32,35,36)/b10-9-,20-14+. The van der Waals surface area contributed by atoms with Gasteiger partial charge in [-0.25, -0.2) is 9.97 Å². The van der Waals surface area contributed by atoms with Gasteiger partial charge in [-0.1, -0.05) is 12.1 Å². The van der Waals surface area contributed by atoms with Gasteiger partial charge in [0.05, 0.1) is 17.4 Å². The lowest BCUT2D eigenvalue weighted by Crippen LogP contribution is -2.23. The Bertz CT molecular complexity index is 1730. The third kappa shape index (κ3) is 4.43. The van der Waals surface area contributed by atoms with Crippen LogP contribution in [0.25, 0.3) is 33.2 Å². The molecule has 0 bridgehead atoms. The molecule has 0 saturated carbocycles. The fraction of sp³-hybridized carbons (Fsp3) is 0.143. The van der Waals surface area contributed by atoms with Crippen LogP contribution in [0.1, 0.15) is 34.6 Å². The number of amides is 1. The van der Waals surface area contributed by atoms with Crippen LogP contribution in [0.5, 0.6) is 0 Å². The number of carbonyl (C=O) groups excluding carboxylic acids is 1. The number of allylic oxidation sites excluding steroid dienone is 1. The van der Waals surface area contributed by atoms with Gasteiger partial charge in [-0.3, -0.25) is 9.89 Å². The SMILES string of the molecule is N/C=C\C(=C/N)NC(=O)c1cc2ccc(-c3nc4c(c(Nc5ccc6[nH]ncc6c5)n3)CCCC4)cc2[nH]1. The molecule has 10 nitrogen and oxygen atoms in total. The van der Waals surface area contributed by atoms with Crippen LogP contribution in [0.15, 0.2) is 72.8 Å². The number of fused-ring (bicyclic) bond motifs is 3. The van der Waals surface area contributed by atoms with E-state index in [0.29, 0.717) is 17.2 Å². The number of hydrogen-bond donors (Lipinski definition) is 6. The first kappa shape index (κ1) is 23.3. The number of nitrogens with zero attached hydrogens (tertiary/aromatic N) is 3. The van der Waals surface area contributed by atoms with Crippen LogP contribution in [0.2, 0.25) is 0 Å². The van der Waals surface area contributed by atoms with E-state index in [9.17, 15) is 4.79 Å². The Labute approximate surface area is 218 Å². The zero-order chi connectivity index (χ0) is 26.1. The van der Waals surface area contributed by atoms with Crippen molar-refractivity contribution in [2.75, 3.05) is 5.32 Å². The van der Waals surface area contributed by atoms with Gasteiger partial charge in [0.2, 0.25) is 0 Å². The second-order valence-corrected chi connectivity index (χ2v) is 9.25. The van der Waals surface area contributed by atoms with Crippen molar-refractivity contribution in [3.05, 3.63) is 89.8 Å². The minimum Gasteiger partial charge on any atom is -0.405 e. The summed E-state index contributed by atoms with van der Waals surface area (Å²) in [5, 5.41) is 15.3. The predicted molar refractivity (Wildman–Crippen MR) is 148 cm³/mol. The number of H-pyrrole nitrogens is 2. The smallest absolute Gasteiger partial charge is 0.272 e. The first-order valence-corrected chi connectivity index (χ1v) is 12.5. The molecule has 1 amide bonds. The van der Waals surface area contributed by atoms with Gasteiger partial charge < -0.3 is 27.1 Å². The van der Waals surface area contributed by atoms with Crippen LogP contribution in [-0.4, -0.2) is 31.1 Å². The van der Waals surface area contributed by atoms with E-state index in [1.54, 1.807) is 6.07 Å². The van der Waals surface area contributed by atoms with Crippen LogP contribution in [0, 0.1) is 0 Å². The Hall–Kier alpha value is -5.12. The first-order valence-electron chi connectivity index (χ1n) is 12.5. The maximum atomic E-state index is 12.7. The van der Waals surface area contributed by atoms with Crippen molar-refractivity contribution in [2.45, 2.75) is 25.7 Å². The molecular weight excluding hydrogens is 478 g/mol. The maximum absolute atomic E-state index is 12.7. The van der Waals surface area contributed by atoms with Crippen molar-refractivity contribution in [3.63, 3.8) is 0 Å². The molecule has 1 aliphatic carbocycles. The summed E-state index contributed by atoms with van der Waals surface area (Å²) in [5.74, 6) is 1.15. The number of nitrogens with one attached hydrogen (secondary N) is 4. The maximum Gasteiger partial charge on any atom is 0.272 e. The van der Waals surface area contributed by atoms with Gasteiger partial charge in [0, 0.05) is 45.0 Å². The second-order valence-electron chi connectivity index (χ2n) is 9.25. The highest BCUT2D eigenvalue weighted by atomic mass is 16.1. The quantitative estimate of drug-likeness (QED) is 0.189. The molecule has 6 rings (SSSR count). The van der Waals surface area contributed by atoms with Crippen molar-refractivity contribution in [3.8, 4) is 11.4 Å². The van der Waals surface area contributed by atoms with Crippen LogP contribution >= 0.6 is 0 Å². The molecule has 8 N–H and O–H groups in total. The number of rotatable bonds is 6. The molecule has 5 aromatic rings. The molecule has 38 heavy (non-hydrogen) atoms. The minimum atomic E-state index is -0.316. The number of nitrogens with two attached hydrogens (primary N) is 2. The summed E-state index contributed by atoms with van der Waals surface area (Å²) in [6.07, 6.45) is 10.0. The van der Waals surface area contributed by atoms with E-state index in [-0.39, 0.29) is 5.91 Å². The molecule has 0 fully saturated rings. The van der Waals surface area contributed by atoms with Gasteiger partial charge in [-0.05, 0) is 68.3 Å². The van der Waals surface area contributed by atoms with E-state index < -0.39 is 0 Å². The van der Waals surface area contributed by atoms with Gasteiger partial charge in [0.1, 0.15) is 11.5 Å². The van der Waals surface area contributed by atoms with Crippen molar-refractivity contribution in [2.24, 2.45) is 11.5 Å². The number of aryl methyl sites for hydroxylation is 1. The molecule has 0 saturated heterocycles. The van der Waals surface area contributed by atoms with E-state index >= 15 is 0 Å². The molecule has 0 unspecified atom stereocenters. The zero-order valence-electron chi connectivity index (χ0n) is 20.6. The van der Waals surface area contributed by atoms with Crippen LogP contribution in [0.4, 0.5) is 11.5 Å². The fourth-order valence-electron chi connectivity index (χ4n) is 4.81. The molecule has 1 aliphatic rings. The fourth-order valence-corrected chi connectivity index (χ4v) is 4.81. The summed E-state index contributed by atoms with van der Waals surface area (Å²) < 4.78 is 0. The molecule has 0 spiro atoms. The molecule has 3 aromatic heterocycles. The number of carbonyl (C=O) groups is 1. The van der Waals surface area contributed by atoms with Gasteiger partial charge >= 0.3 is 0 Å². The summed E-state index contributed by atoms with van der Waals surface area (Å²) >= 11 is 0. The summed E-state index contributed by atoms with van der Waals surface area (Å²) in [7, 11) is 0. The molecule has 0 atom stereocenters. The van der Waals surface area contributed by atoms with E-state index in [1.807, 2.05) is 36.5 Å². The highest BCUT2D eigenvalue weighted by molar-refractivity contribution is 5.99. The molecule has 10 heteroatoms. The summed E-state index contributed by atoms with van der Waals surface area (Å²) in [6, 6.07) is 13.8. The lowest BCUT2D eigenvalue weighted by atomic mass is 9.96. The molecule has 2 aromatic carbocycles. The first-order chi connectivity index (χ1) is 18.6. The summed E-state index contributed by atoms with van der Waals surface area (Å²) in [6.45, 7) is 0. The Morgan fingerprint density at radius 1 is 0.974 bits per heavy atom. The van der Waals surface area contributed by atoms with E-state index in [4.69, 9.17) is 21.4 Å². The number of benzene rings is 2. The highest BCUT2D eigenvalue weighted by Gasteiger charge is 2.20. The van der Waals surface area contributed by atoms with Crippen LogP contribution in [0.3, 0.4) is 0 Å². The Morgan fingerprint density at radius 3 is 2.74 bits per heavy atom. The third-order valence-corrected chi connectivity index (χ3v) is 6.72. The minimum absolute atomic E-state index is 0.316. The van der Waals surface area contributed by atoms with Crippen LogP contribution < -0.4 is 22.1 Å². The number of aromatic amines is 2. The monoisotopic (exact) mass is 505 g/mol. The molecular formula is C28H27N9O. The predicted octanol–water partition coefficient (Wildman–Crippen LogP) is 4.13.